The lowest BCUT2D eigenvalue weighted by atomic mass is 10.2. The lowest BCUT2D eigenvalue weighted by Gasteiger charge is -2.08. The summed E-state index contributed by atoms with van der Waals surface area (Å²) in [5.74, 6) is 0.389. The summed E-state index contributed by atoms with van der Waals surface area (Å²) in [5.41, 5.74) is 0. The molecule has 1 amide bonds. The Morgan fingerprint density at radius 1 is 1.42 bits per heavy atom. The standard InChI is InChI=1S/C16H14ClN3O2S2/c1-8(14(21)18-9-6-7-9)23-16-20-19-15(22-16)13-12(17)10-4-2-3-5-11(10)24-13/h2-5,8-9H,6-7H2,1H3,(H,18,21)/t8-/m0/s1. The predicted molar refractivity (Wildman–Crippen MR) is 96.6 cm³/mol. The van der Waals surface area contributed by atoms with Gasteiger partial charge in [0.25, 0.3) is 11.1 Å². The Balaban J connectivity index is 1.53. The first-order chi connectivity index (χ1) is 11.6. The quantitative estimate of drug-likeness (QED) is 0.667. The summed E-state index contributed by atoms with van der Waals surface area (Å²) in [7, 11) is 0. The Hall–Kier alpha value is -1.57. The molecule has 0 aliphatic heterocycles. The van der Waals surface area contributed by atoms with Crippen LogP contribution in [0.2, 0.25) is 5.02 Å². The van der Waals surface area contributed by atoms with Crippen molar-refractivity contribution < 1.29 is 9.21 Å². The lowest BCUT2D eigenvalue weighted by Crippen LogP contribution is -2.32. The summed E-state index contributed by atoms with van der Waals surface area (Å²) in [4.78, 5) is 12.8. The molecular formula is C16H14ClN3O2S2. The Bertz CT molecular complexity index is 904. The predicted octanol–water partition coefficient (Wildman–Crippen LogP) is 4.36. The zero-order valence-electron chi connectivity index (χ0n) is 12.8. The van der Waals surface area contributed by atoms with Crippen LogP contribution in [0.1, 0.15) is 19.8 Å². The molecule has 1 aliphatic rings. The molecular weight excluding hydrogens is 366 g/mol. The van der Waals surface area contributed by atoms with Crippen LogP contribution >= 0.6 is 34.7 Å². The second kappa shape index (κ2) is 6.38. The number of aromatic nitrogens is 2. The van der Waals surface area contributed by atoms with Crippen molar-refractivity contribution in [2.75, 3.05) is 0 Å². The lowest BCUT2D eigenvalue weighted by molar-refractivity contribution is -0.120. The molecule has 2 aromatic heterocycles. The van der Waals surface area contributed by atoms with E-state index in [2.05, 4.69) is 15.5 Å². The van der Waals surface area contributed by atoms with E-state index in [-0.39, 0.29) is 11.2 Å². The van der Waals surface area contributed by atoms with E-state index in [0.29, 0.717) is 22.2 Å². The number of thiophene rings is 1. The number of nitrogens with zero attached hydrogens (tertiary/aromatic N) is 2. The monoisotopic (exact) mass is 379 g/mol. The zero-order valence-corrected chi connectivity index (χ0v) is 15.2. The van der Waals surface area contributed by atoms with Crippen LogP contribution in [-0.2, 0) is 4.79 Å². The molecule has 1 aliphatic carbocycles. The molecule has 4 rings (SSSR count). The number of carbonyl (C=O) groups is 1. The van der Waals surface area contributed by atoms with Crippen LogP contribution < -0.4 is 5.32 Å². The first kappa shape index (κ1) is 15.9. The molecule has 1 N–H and O–H groups in total. The molecule has 0 saturated heterocycles. The van der Waals surface area contributed by atoms with Gasteiger partial charge in [0.2, 0.25) is 5.91 Å². The van der Waals surface area contributed by atoms with Gasteiger partial charge in [-0.3, -0.25) is 4.79 Å². The highest BCUT2D eigenvalue weighted by Crippen LogP contribution is 2.42. The first-order valence-electron chi connectivity index (χ1n) is 7.60. The van der Waals surface area contributed by atoms with Crippen molar-refractivity contribution in [3.63, 3.8) is 0 Å². The van der Waals surface area contributed by atoms with E-state index in [1.807, 2.05) is 31.2 Å². The van der Waals surface area contributed by atoms with E-state index >= 15 is 0 Å². The molecule has 0 unspecified atom stereocenters. The number of hydrogen-bond donors (Lipinski definition) is 1. The molecule has 0 bridgehead atoms. The Kier molecular flexibility index (Phi) is 4.24. The molecule has 1 saturated carbocycles. The third kappa shape index (κ3) is 3.16. The topological polar surface area (TPSA) is 68.0 Å². The van der Waals surface area contributed by atoms with E-state index in [4.69, 9.17) is 16.0 Å². The molecule has 0 radical (unpaired) electrons. The first-order valence-corrected chi connectivity index (χ1v) is 9.67. The van der Waals surface area contributed by atoms with Crippen LogP contribution in [0.3, 0.4) is 0 Å². The van der Waals surface area contributed by atoms with Gasteiger partial charge in [-0.1, -0.05) is 41.6 Å². The molecule has 0 spiro atoms. The summed E-state index contributed by atoms with van der Waals surface area (Å²) in [5, 5.41) is 12.8. The molecule has 3 aromatic rings. The van der Waals surface area contributed by atoms with E-state index < -0.39 is 0 Å². The fourth-order valence-corrected chi connectivity index (χ4v) is 4.38. The molecule has 2 heterocycles. The summed E-state index contributed by atoms with van der Waals surface area (Å²) in [6.07, 6.45) is 2.14. The second-order valence-corrected chi connectivity index (χ2v) is 8.38. The molecule has 1 atom stereocenters. The molecule has 1 fully saturated rings. The number of halogens is 1. The number of amides is 1. The summed E-state index contributed by atoms with van der Waals surface area (Å²) < 4.78 is 6.78. The summed E-state index contributed by atoms with van der Waals surface area (Å²) >= 11 is 9.21. The molecule has 1 aromatic carbocycles. The van der Waals surface area contributed by atoms with Gasteiger partial charge < -0.3 is 9.73 Å². The highest BCUT2D eigenvalue weighted by atomic mass is 35.5. The maximum atomic E-state index is 12.0. The van der Waals surface area contributed by atoms with Crippen molar-refractivity contribution in [2.24, 2.45) is 0 Å². The van der Waals surface area contributed by atoms with Crippen LogP contribution in [0.25, 0.3) is 20.9 Å². The van der Waals surface area contributed by atoms with Gasteiger partial charge in [0.05, 0.1) is 10.3 Å². The van der Waals surface area contributed by atoms with E-state index in [0.717, 1.165) is 27.8 Å². The van der Waals surface area contributed by atoms with Gasteiger partial charge in [-0.15, -0.1) is 21.5 Å². The SMILES string of the molecule is C[C@H](Sc1nnc(-c2sc3ccccc3c2Cl)o1)C(=O)NC1CC1. The smallest absolute Gasteiger partial charge is 0.277 e. The van der Waals surface area contributed by atoms with Gasteiger partial charge in [-0.2, -0.15) is 0 Å². The van der Waals surface area contributed by atoms with Gasteiger partial charge in [-0.25, -0.2) is 0 Å². The third-order valence-electron chi connectivity index (χ3n) is 3.71. The fourth-order valence-electron chi connectivity index (χ4n) is 2.25. The maximum Gasteiger partial charge on any atom is 0.277 e. The molecule has 8 heteroatoms. The van der Waals surface area contributed by atoms with Gasteiger partial charge in [-0.05, 0) is 25.8 Å². The van der Waals surface area contributed by atoms with Crippen LogP contribution in [0.5, 0.6) is 0 Å². The minimum Gasteiger partial charge on any atom is -0.410 e. The van der Waals surface area contributed by atoms with Crippen molar-refractivity contribution in [3.8, 4) is 10.8 Å². The highest BCUT2D eigenvalue weighted by molar-refractivity contribution is 8.00. The molecule has 24 heavy (non-hydrogen) atoms. The number of fused-ring (bicyclic) bond motifs is 1. The number of benzene rings is 1. The largest absolute Gasteiger partial charge is 0.410 e. The summed E-state index contributed by atoms with van der Waals surface area (Å²) in [6, 6.07) is 8.23. The van der Waals surface area contributed by atoms with Crippen molar-refractivity contribution >= 4 is 50.7 Å². The number of rotatable bonds is 5. The van der Waals surface area contributed by atoms with E-state index in [1.165, 1.54) is 23.1 Å². The minimum absolute atomic E-state index is 0.00199. The highest BCUT2D eigenvalue weighted by Gasteiger charge is 2.27. The second-order valence-electron chi connectivity index (χ2n) is 5.66. The van der Waals surface area contributed by atoms with Crippen molar-refractivity contribution in [2.45, 2.75) is 36.3 Å². The molecule has 5 nitrogen and oxygen atoms in total. The normalized spacial score (nSPS) is 15.6. The Morgan fingerprint density at radius 2 is 2.21 bits per heavy atom. The van der Waals surface area contributed by atoms with Crippen LogP contribution in [0, 0.1) is 0 Å². The number of carbonyl (C=O) groups excluding carboxylic acids is 1. The Morgan fingerprint density at radius 3 is 2.96 bits per heavy atom. The molecule has 124 valence electrons. The summed E-state index contributed by atoms with van der Waals surface area (Å²) in [6.45, 7) is 1.83. The van der Waals surface area contributed by atoms with E-state index in [9.17, 15) is 4.79 Å². The fraction of sp³-hybridized carbons (Fsp3) is 0.312. The number of nitrogens with one attached hydrogen (secondary N) is 1. The van der Waals surface area contributed by atoms with Crippen molar-refractivity contribution in [3.05, 3.63) is 29.3 Å². The van der Waals surface area contributed by atoms with Gasteiger partial charge in [0.15, 0.2) is 0 Å². The van der Waals surface area contributed by atoms with Gasteiger partial charge in [0.1, 0.15) is 4.88 Å². The third-order valence-corrected chi connectivity index (χ3v) is 6.30. The Labute approximate surface area is 151 Å². The average molecular weight is 380 g/mol. The van der Waals surface area contributed by atoms with Crippen LogP contribution in [0.4, 0.5) is 0 Å². The van der Waals surface area contributed by atoms with E-state index in [1.54, 1.807) is 0 Å². The average Bonchev–Trinajstić information content (AvgIpc) is 3.17. The van der Waals surface area contributed by atoms with Gasteiger partial charge in [0, 0.05) is 16.1 Å². The van der Waals surface area contributed by atoms with Crippen LogP contribution in [-0.4, -0.2) is 27.4 Å². The number of hydrogen-bond acceptors (Lipinski definition) is 6. The van der Waals surface area contributed by atoms with Crippen molar-refractivity contribution in [1.29, 1.82) is 0 Å². The zero-order chi connectivity index (χ0) is 16.7. The van der Waals surface area contributed by atoms with Crippen molar-refractivity contribution in [1.82, 2.24) is 15.5 Å². The number of thioether (sulfide) groups is 1. The van der Waals surface area contributed by atoms with Gasteiger partial charge >= 0.3 is 0 Å². The minimum atomic E-state index is -0.281. The maximum absolute atomic E-state index is 12.0. The van der Waals surface area contributed by atoms with Crippen LogP contribution in [0.15, 0.2) is 33.9 Å².